The number of carbonyl (C=O) groups is 1. The number of carbonyl (C=O) groups excluding carboxylic acids is 1. The molecule has 100 valence electrons. The molecule has 0 aliphatic rings. The van der Waals surface area contributed by atoms with Gasteiger partial charge in [0.05, 0.1) is 0 Å². The van der Waals surface area contributed by atoms with E-state index in [1.807, 2.05) is 49.4 Å². The summed E-state index contributed by atoms with van der Waals surface area (Å²) >= 11 is 0. The number of aromatic nitrogens is 1. The van der Waals surface area contributed by atoms with Gasteiger partial charge in [-0.05, 0) is 36.8 Å². The minimum absolute atomic E-state index is 0.123. The second-order valence-corrected chi connectivity index (χ2v) is 4.68. The van der Waals surface area contributed by atoms with E-state index >= 15 is 0 Å². The van der Waals surface area contributed by atoms with Crippen LogP contribution >= 0.6 is 0 Å². The van der Waals surface area contributed by atoms with E-state index in [9.17, 15) is 4.79 Å². The van der Waals surface area contributed by atoms with Crippen molar-refractivity contribution in [3.63, 3.8) is 0 Å². The molecule has 0 atom stereocenters. The Labute approximate surface area is 116 Å². The fourth-order valence-electron chi connectivity index (χ4n) is 2.15. The van der Waals surface area contributed by atoms with E-state index in [-0.39, 0.29) is 5.91 Å². The molecule has 0 spiro atoms. The summed E-state index contributed by atoms with van der Waals surface area (Å²) in [5.74, 6) is 0.491. The molecule has 0 aliphatic heterocycles. The maximum absolute atomic E-state index is 12.2. The van der Waals surface area contributed by atoms with Crippen LogP contribution in [0, 0.1) is 13.8 Å². The van der Waals surface area contributed by atoms with E-state index in [1.165, 1.54) is 0 Å². The molecule has 3 rings (SSSR count). The third kappa shape index (κ3) is 2.28. The molecule has 3 aromatic rings. The van der Waals surface area contributed by atoms with Gasteiger partial charge in [-0.15, -0.1) is 0 Å². The number of amides is 1. The van der Waals surface area contributed by atoms with Crippen molar-refractivity contribution < 1.29 is 9.21 Å². The van der Waals surface area contributed by atoms with Crippen molar-refractivity contribution in [3.8, 4) is 0 Å². The summed E-state index contributed by atoms with van der Waals surface area (Å²) in [5, 5.41) is 2.88. The third-order valence-electron chi connectivity index (χ3n) is 3.14. The number of aryl methyl sites for hydroxylation is 2. The molecule has 1 aromatic heterocycles. The Hall–Kier alpha value is -2.62. The second-order valence-electron chi connectivity index (χ2n) is 4.68. The molecule has 0 fully saturated rings. The molecular weight excluding hydrogens is 252 g/mol. The summed E-state index contributed by atoms with van der Waals surface area (Å²) in [5.41, 5.74) is 3.79. The number of hydrogen-bond donors (Lipinski definition) is 1. The summed E-state index contributed by atoms with van der Waals surface area (Å²) in [6.45, 7) is 3.71. The molecule has 4 heteroatoms. The molecule has 0 bridgehead atoms. The van der Waals surface area contributed by atoms with Crippen LogP contribution in [0.15, 0.2) is 46.9 Å². The second kappa shape index (κ2) is 4.81. The molecule has 1 heterocycles. The fraction of sp³-hybridized carbons (Fsp3) is 0.125. The fourth-order valence-corrected chi connectivity index (χ4v) is 2.15. The molecule has 0 saturated carbocycles. The van der Waals surface area contributed by atoms with Crippen LogP contribution in [0.5, 0.6) is 0 Å². The first-order valence-corrected chi connectivity index (χ1v) is 6.37. The number of anilines is 1. The van der Waals surface area contributed by atoms with Crippen molar-refractivity contribution in [1.29, 1.82) is 0 Å². The van der Waals surface area contributed by atoms with Crippen molar-refractivity contribution in [1.82, 2.24) is 4.98 Å². The number of rotatable bonds is 2. The zero-order chi connectivity index (χ0) is 14.1. The molecule has 0 radical (unpaired) electrons. The first-order chi connectivity index (χ1) is 9.63. The predicted octanol–water partition coefficient (Wildman–Crippen LogP) is 3.70. The summed E-state index contributed by atoms with van der Waals surface area (Å²) in [6.07, 6.45) is 0. The van der Waals surface area contributed by atoms with Crippen LogP contribution in [0.1, 0.15) is 21.8 Å². The zero-order valence-corrected chi connectivity index (χ0v) is 11.3. The molecule has 1 N–H and O–H groups in total. The summed E-state index contributed by atoms with van der Waals surface area (Å²) < 4.78 is 5.41. The van der Waals surface area contributed by atoms with E-state index in [1.54, 1.807) is 6.92 Å². The van der Waals surface area contributed by atoms with E-state index in [0.29, 0.717) is 17.1 Å². The Morgan fingerprint density at radius 1 is 1.15 bits per heavy atom. The first-order valence-electron chi connectivity index (χ1n) is 6.37. The van der Waals surface area contributed by atoms with Crippen LogP contribution in [-0.2, 0) is 0 Å². The minimum atomic E-state index is -0.123. The zero-order valence-electron chi connectivity index (χ0n) is 11.3. The Bertz CT molecular complexity index is 790. The molecule has 0 saturated heterocycles. The van der Waals surface area contributed by atoms with Crippen molar-refractivity contribution in [2.75, 3.05) is 5.32 Å². The summed E-state index contributed by atoms with van der Waals surface area (Å²) in [7, 11) is 0. The van der Waals surface area contributed by atoms with Gasteiger partial charge < -0.3 is 9.73 Å². The molecule has 0 aliphatic carbocycles. The van der Waals surface area contributed by atoms with Crippen LogP contribution in [0.2, 0.25) is 0 Å². The average Bonchev–Trinajstić information content (AvgIpc) is 2.78. The standard InChI is InChI=1S/C16H14N2O2/c1-10-5-3-4-6-13(10)16(19)18-12-7-8-15-14(9-12)17-11(2)20-15/h3-9H,1-2H3,(H,18,19). The van der Waals surface area contributed by atoms with Crippen molar-refractivity contribution in [2.24, 2.45) is 0 Å². The van der Waals surface area contributed by atoms with Gasteiger partial charge in [0.15, 0.2) is 11.5 Å². The number of nitrogens with zero attached hydrogens (tertiary/aromatic N) is 1. The topological polar surface area (TPSA) is 55.1 Å². The third-order valence-corrected chi connectivity index (χ3v) is 3.14. The van der Waals surface area contributed by atoms with Crippen LogP contribution < -0.4 is 5.32 Å². The Morgan fingerprint density at radius 2 is 1.95 bits per heavy atom. The quantitative estimate of drug-likeness (QED) is 0.769. The van der Waals surface area contributed by atoms with Crippen molar-refractivity contribution in [3.05, 3.63) is 59.5 Å². The summed E-state index contributed by atoms with van der Waals surface area (Å²) in [4.78, 5) is 16.5. The normalized spacial score (nSPS) is 10.7. The van der Waals surface area contributed by atoms with Crippen LogP contribution in [0.4, 0.5) is 5.69 Å². The van der Waals surface area contributed by atoms with Gasteiger partial charge in [-0.1, -0.05) is 18.2 Å². The Kier molecular flexibility index (Phi) is 2.99. The van der Waals surface area contributed by atoms with E-state index in [2.05, 4.69) is 10.3 Å². The Morgan fingerprint density at radius 3 is 2.75 bits per heavy atom. The number of hydrogen-bond acceptors (Lipinski definition) is 3. The van der Waals surface area contributed by atoms with Gasteiger partial charge in [-0.3, -0.25) is 4.79 Å². The van der Waals surface area contributed by atoms with Gasteiger partial charge >= 0.3 is 0 Å². The van der Waals surface area contributed by atoms with Crippen molar-refractivity contribution in [2.45, 2.75) is 13.8 Å². The Balaban J connectivity index is 1.89. The van der Waals surface area contributed by atoms with Gasteiger partial charge in [-0.25, -0.2) is 4.98 Å². The van der Waals surface area contributed by atoms with E-state index < -0.39 is 0 Å². The molecular formula is C16H14N2O2. The lowest BCUT2D eigenvalue weighted by atomic mass is 10.1. The lowest BCUT2D eigenvalue weighted by molar-refractivity contribution is 0.102. The molecule has 1 amide bonds. The molecule has 20 heavy (non-hydrogen) atoms. The average molecular weight is 266 g/mol. The van der Waals surface area contributed by atoms with Gasteiger partial charge in [0, 0.05) is 18.2 Å². The van der Waals surface area contributed by atoms with Crippen LogP contribution in [0.3, 0.4) is 0 Å². The first kappa shape index (κ1) is 12.4. The van der Waals surface area contributed by atoms with Gasteiger partial charge in [0.25, 0.3) is 5.91 Å². The number of nitrogens with one attached hydrogen (secondary N) is 1. The van der Waals surface area contributed by atoms with E-state index in [0.717, 1.165) is 16.7 Å². The molecule has 4 nitrogen and oxygen atoms in total. The highest BCUT2D eigenvalue weighted by molar-refractivity contribution is 6.05. The maximum atomic E-state index is 12.2. The van der Waals surface area contributed by atoms with Crippen LogP contribution in [0.25, 0.3) is 11.1 Å². The lowest BCUT2D eigenvalue weighted by Crippen LogP contribution is -2.13. The highest BCUT2D eigenvalue weighted by Gasteiger charge is 2.09. The molecule has 2 aromatic carbocycles. The number of oxazole rings is 1. The SMILES string of the molecule is Cc1nc2cc(NC(=O)c3ccccc3C)ccc2o1. The van der Waals surface area contributed by atoms with Gasteiger partial charge in [0.1, 0.15) is 5.52 Å². The number of fused-ring (bicyclic) bond motifs is 1. The van der Waals surface area contributed by atoms with Crippen LogP contribution in [-0.4, -0.2) is 10.9 Å². The highest BCUT2D eigenvalue weighted by atomic mass is 16.3. The lowest BCUT2D eigenvalue weighted by Gasteiger charge is -2.07. The highest BCUT2D eigenvalue weighted by Crippen LogP contribution is 2.20. The largest absolute Gasteiger partial charge is 0.441 e. The maximum Gasteiger partial charge on any atom is 0.255 e. The van der Waals surface area contributed by atoms with Gasteiger partial charge in [-0.2, -0.15) is 0 Å². The number of benzene rings is 2. The van der Waals surface area contributed by atoms with Gasteiger partial charge in [0.2, 0.25) is 0 Å². The monoisotopic (exact) mass is 266 g/mol. The predicted molar refractivity (Wildman–Crippen MR) is 77.9 cm³/mol. The van der Waals surface area contributed by atoms with Crippen molar-refractivity contribution >= 4 is 22.7 Å². The summed E-state index contributed by atoms with van der Waals surface area (Å²) in [6, 6.07) is 12.9. The minimum Gasteiger partial charge on any atom is -0.441 e. The van der Waals surface area contributed by atoms with E-state index in [4.69, 9.17) is 4.42 Å². The molecule has 0 unspecified atom stereocenters. The smallest absolute Gasteiger partial charge is 0.255 e.